The fraction of sp³-hybridized carbons (Fsp3) is 0.868. The lowest BCUT2D eigenvalue weighted by atomic mass is 10.0. The molecule has 2 unspecified atom stereocenters. The Morgan fingerprint density at radius 2 is 0.684 bits per heavy atom. The molecular formula is C53H101NO3. The summed E-state index contributed by atoms with van der Waals surface area (Å²) in [5, 5.41) is 23.0. The predicted octanol–water partition coefficient (Wildman–Crippen LogP) is 16.5. The Labute approximate surface area is 357 Å². The van der Waals surface area contributed by atoms with Crippen molar-refractivity contribution < 1.29 is 15.0 Å². The van der Waals surface area contributed by atoms with Crippen molar-refractivity contribution in [2.24, 2.45) is 0 Å². The smallest absolute Gasteiger partial charge is 0.220 e. The van der Waals surface area contributed by atoms with Gasteiger partial charge in [0.1, 0.15) is 0 Å². The van der Waals surface area contributed by atoms with Gasteiger partial charge in [-0.05, 0) is 57.8 Å². The molecule has 0 heterocycles. The lowest BCUT2D eigenvalue weighted by Gasteiger charge is -2.19. The van der Waals surface area contributed by atoms with E-state index in [2.05, 4.69) is 43.5 Å². The van der Waals surface area contributed by atoms with Gasteiger partial charge in [-0.3, -0.25) is 4.79 Å². The summed E-state index contributed by atoms with van der Waals surface area (Å²) in [7, 11) is 0. The number of amides is 1. The summed E-state index contributed by atoms with van der Waals surface area (Å²) < 4.78 is 0. The second-order valence-corrected chi connectivity index (χ2v) is 17.6. The molecule has 0 aliphatic rings. The van der Waals surface area contributed by atoms with E-state index in [0.717, 1.165) is 44.9 Å². The predicted molar refractivity (Wildman–Crippen MR) is 253 cm³/mol. The minimum absolute atomic E-state index is 0.0807. The minimum Gasteiger partial charge on any atom is -0.394 e. The third-order valence-electron chi connectivity index (χ3n) is 11.8. The van der Waals surface area contributed by atoms with Gasteiger partial charge in [0.2, 0.25) is 5.91 Å². The molecule has 0 rings (SSSR count). The van der Waals surface area contributed by atoms with E-state index in [4.69, 9.17) is 0 Å². The van der Waals surface area contributed by atoms with Crippen LogP contribution in [0, 0.1) is 0 Å². The number of unbranched alkanes of at least 4 members (excludes halogenated alkanes) is 36. The Hall–Kier alpha value is -1.39. The van der Waals surface area contributed by atoms with Crippen LogP contribution in [-0.2, 0) is 4.79 Å². The van der Waals surface area contributed by atoms with Crippen LogP contribution in [0.25, 0.3) is 0 Å². The highest BCUT2D eigenvalue weighted by Gasteiger charge is 2.17. The molecule has 0 aromatic carbocycles. The van der Waals surface area contributed by atoms with Crippen molar-refractivity contribution in [2.45, 2.75) is 289 Å². The van der Waals surface area contributed by atoms with Crippen LogP contribution in [0.1, 0.15) is 277 Å². The topological polar surface area (TPSA) is 69.6 Å². The van der Waals surface area contributed by atoms with Crippen molar-refractivity contribution in [1.29, 1.82) is 0 Å². The molecule has 0 saturated carbocycles. The van der Waals surface area contributed by atoms with E-state index in [1.165, 1.54) is 212 Å². The van der Waals surface area contributed by atoms with Crippen LogP contribution >= 0.6 is 0 Å². The Morgan fingerprint density at radius 3 is 1.02 bits per heavy atom. The number of aliphatic hydroxyl groups is 2. The maximum absolute atomic E-state index is 12.4. The average molecular weight is 800 g/mol. The van der Waals surface area contributed by atoms with Crippen molar-refractivity contribution in [1.82, 2.24) is 5.32 Å². The molecule has 0 fully saturated rings. The molecule has 0 saturated heterocycles. The van der Waals surface area contributed by atoms with Crippen molar-refractivity contribution in [2.75, 3.05) is 6.61 Å². The van der Waals surface area contributed by atoms with Gasteiger partial charge in [-0.2, -0.15) is 0 Å². The summed E-state index contributed by atoms with van der Waals surface area (Å²) in [4.78, 5) is 12.4. The van der Waals surface area contributed by atoms with Gasteiger partial charge in [0, 0.05) is 6.42 Å². The van der Waals surface area contributed by atoms with Gasteiger partial charge >= 0.3 is 0 Å². The minimum atomic E-state index is -0.865. The third-order valence-corrected chi connectivity index (χ3v) is 11.8. The Balaban J connectivity index is 3.51. The first-order valence-corrected chi connectivity index (χ1v) is 25.7. The highest BCUT2D eigenvalue weighted by Crippen LogP contribution is 2.16. The first kappa shape index (κ1) is 55.6. The molecule has 0 aliphatic carbocycles. The summed E-state index contributed by atoms with van der Waals surface area (Å²) >= 11 is 0. The molecule has 0 aliphatic heterocycles. The Kier molecular flexibility index (Phi) is 47.8. The van der Waals surface area contributed by atoms with Crippen LogP contribution < -0.4 is 5.32 Å². The van der Waals surface area contributed by atoms with E-state index in [1.807, 2.05) is 6.08 Å². The molecular weight excluding hydrogens is 699 g/mol. The summed E-state index contributed by atoms with van der Waals surface area (Å²) in [6.45, 7) is 4.31. The highest BCUT2D eigenvalue weighted by atomic mass is 16.3. The van der Waals surface area contributed by atoms with Gasteiger partial charge < -0.3 is 15.5 Å². The van der Waals surface area contributed by atoms with Gasteiger partial charge in [0.25, 0.3) is 0 Å². The second kappa shape index (κ2) is 49.0. The van der Waals surface area contributed by atoms with E-state index in [-0.39, 0.29) is 12.5 Å². The molecule has 57 heavy (non-hydrogen) atoms. The van der Waals surface area contributed by atoms with Crippen LogP contribution in [-0.4, -0.2) is 34.9 Å². The normalized spacial score (nSPS) is 13.1. The fourth-order valence-corrected chi connectivity index (χ4v) is 7.90. The summed E-state index contributed by atoms with van der Waals surface area (Å²) in [5.41, 5.74) is 0. The zero-order valence-electron chi connectivity index (χ0n) is 38.6. The number of carbonyl (C=O) groups is 1. The van der Waals surface area contributed by atoms with Crippen molar-refractivity contribution in [3.05, 3.63) is 36.5 Å². The molecule has 3 N–H and O–H groups in total. The van der Waals surface area contributed by atoms with Crippen LogP contribution in [0.15, 0.2) is 36.5 Å². The number of nitrogens with one attached hydrogen (secondary N) is 1. The first-order chi connectivity index (χ1) is 28.2. The van der Waals surface area contributed by atoms with E-state index < -0.39 is 12.1 Å². The highest BCUT2D eigenvalue weighted by molar-refractivity contribution is 5.76. The Bertz CT molecular complexity index is 866. The van der Waals surface area contributed by atoms with Crippen LogP contribution in [0.4, 0.5) is 0 Å². The maximum Gasteiger partial charge on any atom is 0.220 e. The molecule has 336 valence electrons. The van der Waals surface area contributed by atoms with Gasteiger partial charge in [-0.1, -0.05) is 249 Å². The van der Waals surface area contributed by atoms with E-state index in [1.54, 1.807) is 6.08 Å². The molecule has 4 heteroatoms. The van der Waals surface area contributed by atoms with Crippen molar-refractivity contribution >= 4 is 5.91 Å². The largest absolute Gasteiger partial charge is 0.394 e. The second-order valence-electron chi connectivity index (χ2n) is 17.6. The standard InChI is InChI=1S/C53H101NO3/c1-3-5-7-9-11-13-15-17-19-20-21-22-23-24-25-26-27-28-29-30-31-32-33-35-36-38-40-42-44-46-48-52(56)51(50-55)54-53(57)49-47-45-43-41-39-37-34-18-16-14-12-10-8-6-4-2/h18,34,38,40,46,48,51-52,55-56H,3-17,19-33,35-37,39,41-45,47,49-50H2,1-2H3,(H,54,57)/b34-18-,40-38+,48-46+. The lowest BCUT2D eigenvalue weighted by Crippen LogP contribution is -2.45. The van der Waals surface area contributed by atoms with Gasteiger partial charge in [-0.15, -0.1) is 0 Å². The van der Waals surface area contributed by atoms with Gasteiger partial charge in [-0.25, -0.2) is 0 Å². The molecule has 0 radical (unpaired) electrons. The monoisotopic (exact) mass is 800 g/mol. The number of aliphatic hydroxyl groups excluding tert-OH is 2. The summed E-state index contributed by atoms with van der Waals surface area (Å²) in [5.74, 6) is -0.0807. The molecule has 1 amide bonds. The average Bonchev–Trinajstić information content (AvgIpc) is 3.22. The van der Waals surface area contributed by atoms with Crippen LogP contribution in [0.2, 0.25) is 0 Å². The molecule has 0 aromatic rings. The third kappa shape index (κ3) is 45.5. The van der Waals surface area contributed by atoms with E-state index >= 15 is 0 Å². The maximum atomic E-state index is 12.4. The molecule has 2 atom stereocenters. The van der Waals surface area contributed by atoms with Crippen LogP contribution in [0.5, 0.6) is 0 Å². The van der Waals surface area contributed by atoms with Gasteiger partial charge in [0.05, 0.1) is 18.8 Å². The lowest BCUT2D eigenvalue weighted by molar-refractivity contribution is -0.123. The molecule has 0 bridgehead atoms. The number of allylic oxidation sites excluding steroid dienone is 5. The van der Waals surface area contributed by atoms with E-state index in [9.17, 15) is 15.0 Å². The van der Waals surface area contributed by atoms with Crippen LogP contribution in [0.3, 0.4) is 0 Å². The number of hydrogen-bond acceptors (Lipinski definition) is 3. The number of rotatable bonds is 47. The first-order valence-electron chi connectivity index (χ1n) is 25.7. The van der Waals surface area contributed by atoms with Crippen molar-refractivity contribution in [3.63, 3.8) is 0 Å². The quantitative estimate of drug-likeness (QED) is 0.0424. The zero-order chi connectivity index (χ0) is 41.4. The summed E-state index contributed by atoms with van der Waals surface area (Å²) in [6, 6.07) is -0.643. The molecule has 0 aromatic heterocycles. The SMILES string of the molecule is CCCCCCCC/C=C\CCCCCCCC(=O)NC(CO)C(O)/C=C/CC/C=C/CCCCCCCCCCCCCCCCCCCCCCCCCC. The fourth-order valence-electron chi connectivity index (χ4n) is 7.90. The summed E-state index contributed by atoms with van der Waals surface area (Å²) in [6.07, 6.45) is 65.8. The number of carbonyl (C=O) groups excluding carboxylic acids is 1. The molecule has 4 nitrogen and oxygen atoms in total. The van der Waals surface area contributed by atoms with Crippen molar-refractivity contribution in [3.8, 4) is 0 Å². The number of hydrogen-bond donors (Lipinski definition) is 3. The molecule has 0 spiro atoms. The van der Waals surface area contributed by atoms with Gasteiger partial charge in [0.15, 0.2) is 0 Å². The van der Waals surface area contributed by atoms with E-state index in [0.29, 0.717) is 6.42 Å². The Morgan fingerprint density at radius 1 is 0.404 bits per heavy atom. The zero-order valence-corrected chi connectivity index (χ0v) is 38.6.